The molecule has 0 nitrogen and oxygen atoms in total. The molecule has 1 fully saturated rings. The van der Waals surface area contributed by atoms with Gasteiger partial charge >= 0.3 is 0 Å². The average molecular weight is 234 g/mol. The van der Waals surface area contributed by atoms with Gasteiger partial charge in [0, 0.05) is 11.1 Å². The lowest BCUT2D eigenvalue weighted by Gasteiger charge is -2.33. The fourth-order valence-corrected chi connectivity index (χ4v) is 3.84. The highest BCUT2D eigenvalue weighted by Crippen LogP contribution is 2.48. The molecule has 3 rings (SSSR count). The van der Waals surface area contributed by atoms with Crippen LogP contribution in [0.25, 0.3) is 0 Å². The lowest BCUT2D eigenvalue weighted by Crippen LogP contribution is -2.24. The summed E-state index contributed by atoms with van der Waals surface area (Å²) in [6.45, 7) is 0. The van der Waals surface area contributed by atoms with Gasteiger partial charge in [-0.1, -0.05) is 31.1 Å². The Morgan fingerprint density at radius 3 is 1.78 bits per heavy atom. The Morgan fingerprint density at radius 1 is 0.833 bits per heavy atom. The third-order valence-electron chi connectivity index (χ3n) is 4.76. The molecule has 1 saturated carbocycles. The van der Waals surface area contributed by atoms with E-state index in [0.29, 0.717) is 5.41 Å². The maximum absolute atomic E-state index is 5.63. The SMILES string of the molecule is C#Cc1ccc(C#C)c2c1CC1(CCCCC1)C2. The molecule has 0 bridgehead atoms. The molecule has 2 aliphatic rings. The Morgan fingerprint density at radius 2 is 1.33 bits per heavy atom. The zero-order valence-electron chi connectivity index (χ0n) is 10.8. The third kappa shape index (κ3) is 1.65. The first kappa shape index (κ1) is 11.4. The van der Waals surface area contributed by atoms with Crippen molar-refractivity contribution in [1.82, 2.24) is 0 Å². The second-order valence-corrected chi connectivity index (χ2v) is 5.82. The van der Waals surface area contributed by atoms with E-state index in [4.69, 9.17) is 12.8 Å². The van der Waals surface area contributed by atoms with Gasteiger partial charge in [0.25, 0.3) is 0 Å². The Labute approximate surface area is 110 Å². The van der Waals surface area contributed by atoms with E-state index in [1.807, 2.05) is 12.1 Å². The fourth-order valence-electron chi connectivity index (χ4n) is 3.84. The third-order valence-corrected chi connectivity index (χ3v) is 4.76. The van der Waals surface area contributed by atoms with Gasteiger partial charge in [-0.15, -0.1) is 12.8 Å². The van der Waals surface area contributed by atoms with Crippen molar-refractivity contribution in [3.63, 3.8) is 0 Å². The zero-order valence-corrected chi connectivity index (χ0v) is 10.8. The second kappa shape index (κ2) is 4.22. The van der Waals surface area contributed by atoms with Crippen LogP contribution in [-0.2, 0) is 12.8 Å². The summed E-state index contributed by atoms with van der Waals surface area (Å²) in [4.78, 5) is 0. The highest BCUT2D eigenvalue weighted by Gasteiger charge is 2.39. The largest absolute Gasteiger partial charge is 0.115 e. The van der Waals surface area contributed by atoms with Crippen LogP contribution >= 0.6 is 0 Å². The molecule has 0 aromatic heterocycles. The van der Waals surface area contributed by atoms with Crippen LogP contribution in [-0.4, -0.2) is 0 Å². The first-order valence-corrected chi connectivity index (χ1v) is 6.86. The van der Waals surface area contributed by atoms with Crippen molar-refractivity contribution in [1.29, 1.82) is 0 Å². The zero-order chi connectivity index (χ0) is 12.6. The number of hydrogen-bond acceptors (Lipinski definition) is 0. The number of terminal acetylenes is 2. The van der Waals surface area contributed by atoms with E-state index >= 15 is 0 Å². The average Bonchev–Trinajstić information content (AvgIpc) is 2.77. The Balaban J connectivity index is 2.06. The summed E-state index contributed by atoms with van der Waals surface area (Å²) in [6.07, 6.45) is 20.4. The molecule has 0 N–H and O–H groups in total. The maximum Gasteiger partial charge on any atom is 0.0278 e. The van der Waals surface area contributed by atoms with Crippen LogP contribution in [0.4, 0.5) is 0 Å². The van der Waals surface area contributed by atoms with Gasteiger partial charge in [0.2, 0.25) is 0 Å². The van der Waals surface area contributed by atoms with E-state index in [1.54, 1.807) is 0 Å². The molecule has 0 radical (unpaired) electrons. The molecule has 0 atom stereocenters. The van der Waals surface area contributed by atoms with Crippen molar-refractivity contribution in [3.8, 4) is 24.7 Å². The van der Waals surface area contributed by atoms with Gasteiger partial charge in [-0.2, -0.15) is 0 Å². The van der Waals surface area contributed by atoms with E-state index in [1.165, 1.54) is 43.2 Å². The van der Waals surface area contributed by atoms with E-state index < -0.39 is 0 Å². The van der Waals surface area contributed by atoms with Gasteiger partial charge in [-0.25, -0.2) is 0 Å². The summed E-state index contributed by atoms with van der Waals surface area (Å²) in [5.74, 6) is 5.66. The molecule has 0 amide bonds. The predicted octanol–water partition coefficient (Wildman–Crippen LogP) is 3.70. The van der Waals surface area contributed by atoms with Crippen LogP contribution in [0, 0.1) is 30.1 Å². The quantitative estimate of drug-likeness (QED) is 0.600. The first-order chi connectivity index (χ1) is 8.78. The molecule has 18 heavy (non-hydrogen) atoms. The first-order valence-electron chi connectivity index (χ1n) is 6.86. The fraction of sp³-hybridized carbons (Fsp3) is 0.444. The monoisotopic (exact) mass is 234 g/mol. The smallest absolute Gasteiger partial charge is 0.0278 e. The Hall–Kier alpha value is -1.66. The van der Waals surface area contributed by atoms with Crippen LogP contribution < -0.4 is 0 Å². The molecule has 90 valence electrons. The van der Waals surface area contributed by atoms with E-state index in [0.717, 1.165) is 24.0 Å². The molecule has 0 heterocycles. The normalized spacial score (nSPS) is 20.1. The molecule has 1 aromatic carbocycles. The van der Waals surface area contributed by atoms with Gasteiger partial charge in [-0.05, 0) is 54.4 Å². The highest BCUT2D eigenvalue weighted by atomic mass is 14.4. The maximum atomic E-state index is 5.63. The van der Waals surface area contributed by atoms with Gasteiger partial charge in [0.15, 0.2) is 0 Å². The summed E-state index contributed by atoms with van der Waals surface area (Å²) in [7, 11) is 0. The van der Waals surface area contributed by atoms with E-state index in [9.17, 15) is 0 Å². The molecule has 0 unspecified atom stereocenters. The number of rotatable bonds is 0. The second-order valence-electron chi connectivity index (χ2n) is 5.82. The Bertz CT molecular complexity index is 512. The summed E-state index contributed by atoms with van der Waals surface area (Å²) < 4.78 is 0. The van der Waals surface area contributed by atoms with Gasteiger partial charge in [0.05, 0.1) is 0 Å². The van der Waals surface area contributed by atoms with Crippen LogP contribution in [0.1, 0.15) is 54.4 Å². The molecule has 0 heteroatoms. The Kier molecular flexibility index (Phi) is 2.68. The summed E-state index contributed by atoms with van der Waals surface area (Å²) in [5, 5.41) is 0. The van der Waals surface area contributed by atoms with Crippen molar-refractivity contribution >= 4 is 0 Å². The number of fused-ring (bicyclic) bond motifs is 1. The van der Waals surface area contributed by atoms with E-state index in [-0.39, 0.29) is 0 Å². The van der Waals surface area contributed by atoms with Gasteiger partial charge in [-0.3, -0.25) is 0 Å². The summed E-state index contributed by atoms with van der Waals surface area (Å²) in [5.41, 5.74) is 5.33. The minimum absolute atomic E-state index is 0.471. The standard InChI is InChI=1S/C18H18/c1-3-14-8-9-15(4-2)17-13-18(12-16(14)17)10-6-5-7-11-18/h1-2,8-9H,5-7,10-13H2. The van der Waals surface area contributed by atoms with Crippen molar-refractivity contribution in [2.24, 2.45) is 5.41 Å². The van der Waals surface area contributed by atoms with Crippen LogP contribution in [0.2, 0.25) is 0 Å². The minimum Gasteiger partial charge on any atom is -0.115 e. The molecule has 0 aliphatic heterocycles. The van der Waals surface area contributed by atoms with Crippen LogP contribution in [0.15, 0.2) is 12.1 Å². The molecule has 0 saturated heterocycles. The van der Waals surface area contributed by atoms with Crippen molar-refractivity contribution in [3.05, 3.63) is 34.4 Å². The van der Waals surface area contributed by atoms with Crippen molar-refractivity contribution in [2.45, 2.75) is 44.9 Å². The molecule has 1 spiro atoms. The van der Waals surface area contributed by atoms with Gasteiger partial charge < -0.3 is 0 Å². The molecular weight excluding hydrogens is 216 g/mol. The number of hydrogen-bond donors (Lipinski definition) is 0. The molecule has 2 aliphatic carbocycles. The van der Waals surface area contributed by atoms with Crippen LogP contribution in [0.3, 0.4) is 0 Å². The minimum atomic E-state index is 0.471. The van der Waals surface area contributed by atoms with Crippen molar-refractivity contribution < 1.29 is 0 Å². The van der Waals surface area contributed by atoms with Crippen LogP contribution in [0.5, 0.6) is 0 Å². The topological polar surface area (TPSA) is 0 Å². The highest BCUT2D eigenvalue weighted by molar-refractivity contribution is 5.56. The predicted molar refractivity (Wildman–Crippen MR) is 75.2 cm³/mol. The number of benzene rings is 1. The summed E-state index contributed by atoms with van der Waals surface area (Å²) >= 11 is 0. The molecular formula is C18H18. The van der Waals surface area contributed by atoms with E-state index in [2.05, 4.69) is 11.8 Å². The lowest BCUT2D eigenvalue weighted by atomic mass is 9.72. The lowest BCUT2D eigenvalue weighted by molar-refractivity contribution is 0.202. The van der Waals surface area contributed by atoms with Crippen molar-refractivity contribution in [2.75, 3.05) is 0 Å². The van der Waals surface area contributed by atoms with Gasteiger partial charge in [0.1, 0.15) is 0 Å². The molecule has 1 aromatic rings. The summed E-state index contributed by atoms with van der Waals surface area (Å²) in [6, 6.07) is 4.05.